The van der Waals surface area contributed by atoms with Crippen LogP contribution in [0.4, 0.5) is 17.2 Å². The number of pyridine rings is 1. The maximum Gasteiger partial charge on any atom is 0.248 e. The third kappa shape index (κ3) is 3.37. The highest BCUT2D eigenvalue weighted by Crippen LogP contribution is 2.31. The van der Waals surface area contributed by atoms with Crippen LogP contribution in [0.2, 0.25) is 0 Å². The molecule has 3 rings (SSSR count). The fourth-order valence-electron chi connectivity index (χ4n) is 2.02. The fourth-order valence-corrected chi connectivity index (χ4v) is 2.02. The molecule has 0 aliphatic rings. The van der Waals surface area contributed by atoms with E-state index in [1.165, 1.54) is 11.9 Å². The quantitative estimate of drug-likeness (QED) is 0.766. The molecule has 6 heteroatoms. The molecule has 2 aromatic heterocycles. The van der Waals surface area contributed by atoms with Gasteiger partial charge in [-0.1, -0.05) is 6.07 Å². The van der Waals surface area contributed by atoms with Crippen molar-refractivity contribution in [3.05, 3.63) is 60.2 Å². The number of nitrogen functional groups attached to an aromatic ring is 1. The third-order valence-corrected chi connectivity index (χ3v) is 3.48. The summed E-state index contributed by atoms with van der Waals surface area (Å²) in [6.07, 6.45) is 4.79. The van der Waals surface area contributed by atoms with Crippen LogP contribution < -0.4 is 15.8 Å². The number of aryl methyl sites for hydroxylation is 2. The van der Waals surface area contributed by atoms with Crippen molar-refractivity contribution in [2.45, 2.75) is 13.8 Å². The number of benzene rings is 1. The first kappa shape index (κ1) is 14.8. The lowest BCUT2D eigenvalue weighted by atomic mass is 10.1. The molecule has 0 saturated heterocycles. The average molecular weight is 307 g/mol. The van der Waals surface area contributed by atoms with Gasteiger partial charge in [0.25, 0.3) is 0 Å². The number of nitrogens with two attached hydrogens (primary N) is 1. The van der Waals surface area contributed by atoms with Crippen LogP contribution in [0.5, 0.6) is 11.6 Å². The summed E-state index contributed by atoms with van der Waals surface area (Å²) in [5.74, 6) is 1.50. The summed E-state index contributed by atoms with van der Waals surface area (Å²) >= 11 is 0. The van der Waals surface area contributed by atoms with Gasteiger partial charge in [0.2, 0.25) is 5.88 Å². The summed E-state index contributed by atoms with van der Waals surface area (Å²) in [6, 6.07) is 9.49. The molecule has 0 saturated carbocycles. The molecule has 116 valence electrons. The number of hydrogen-bond acceptors (Lipinski definition) is 6. The molecule has 0 radical (unpaired) electrons. The van der Waals surface area contributed by atoms with Crippen LogP contribution in [-0.2, 0) is 0 Å². The minimum absolute atomic E-state index is 0.319. The Kier molecular flexibility index (Phi) is 4.05. The molecule has 3 aromatic rings. The minimum Gasteiger partial charge on any atom is -0.437 e. The summed E-state index contributed by atoms with van der Waals surface area (Å²) in [5, 5.41) is 3.12. The van der Waals surface area contributed by atoms with Crippen LogP contribution in [0.3, 0.4) is 0 Å². The maximum absolute atomic E-state index is 6.12. The lowest BCUT2D eigenvalue weighted by Crippen LogP contribution is -2.03. The molecule has 2 heterocycles. The van der Waals surface area contributed by atoms with Gasteiger partial charge in [0.15, 0.2) is 5.82 Å². The highest BCUT2D eigenvalue weighted by atomic mass is 16.5. The Morgan fingerprint density at radius 3 is 2.52 bits per heavy atom. The molecule has 0 atom stereocenters. The molecule has 0 aliphatic carbocycles. The van der Waals surface area contributed by atoms with E-state index in [0.29, 0.717) is 23.1 Å². The second-order valence-corrected chi connectivity index (χ2v) is 5.15. The molecule has 23 heavy (non-hydrogen) atoms. The van der Waals surface area contributed by atoms with Gasteiger partial charge < -0.3 is 15.8 Å². The fraction of sp³-hybridized carbons (Fsp3) is 0.118. The summed E-state index contributed by atoms with van der Waals surface area (Å²) in [6.45, 7) is 4.08. The van der Waals surface area contributed by atoms with Crippen molar-refractivity contribution in [2.75, 3.05) is 11.1 Å². The smallest absolute Gasteiger partial charge is 0.248 e. The summed E-state index contributed by atoms with van der Waals surface area (Å²) in [4.78, 5) is 12.2. The SMILES string of the molecule is Cc1ccc(Oc2ncnc(Nc3ccncc3)c2N)cc1C. The molecule has 1 aromatic carbocycles. The summed E-state index contributed by atoms with van der Waals surface area (Å²) < 4.78 is 5.79. The van der Waals surface area contributed by atoms with Gasteiger partial charge in [-0.05, 0) is 49.2 Å². The van der Waals surface area contributed by atoms with E-state index in [0.717, 1.165) is 11.3 Å². The van der Waals surface area contributed by atoms with Crippen molar-refractivity contribution in [2.24, 2.45) is 0 Å². The van der Waals surface area contributed by atoms with E-state index in [-0.39, 0.29) is 0 Å². The van der Waals surface area contributed by atoms with Crippen LogP contribution in [0.15, 0.2) is 49.1 Å². The Morgan fingerprint density at radius 2 is 1.78 bits per heavy atom. The van der Waals surface area contributed by atoms with Crippen molar-refractivity contribution in [3.63, 3.8) is 0 Å². The topological polar surface area (TPSA) is 86.0 Å². The van der Waals surface area contributed by atoms with Gasteiger partial charge in [0, 0.05) is 18.1 Å². The highest BCUT2D eigenvalue weighted by molar-refractivity contribution is 5.72. The van der Waals surface area contributed by atoms with Crippen LogP contribution in [0.1, 0.15) is 11.1 Å². The number of ether oxygens (including phenoxy) is 1. The molecule has 0 bridgehead atoms. The van der Waals surface area contributed by atoms with E-state index < -0.39 is 0 Å². The van der Waals surface area contributed by atoms with Gasteiger partial charge in [-0.3, -0.25) is 4.98 Å². The standard InChI is InChI=1S/C17H17N5O/c1-11-3-4-14(9-12(11)2)23-17-15(18)16(20-10-21-17)22-13-5-7-19-8-6-13/h3-10H,18H2,1-2H3,(H,19,20,21,22). The molecule has 0 fully saturated rings. The number of nitrogens with one attached hydrogen (secondary N) is 1. The Bertz CT molecular complexity index is 820. The van der Waals surface area contributed by atoms with Gasteiger partial charge in [-0.15, -0.1) is 0 Å². The number of nitrogens with zero attached hydrogens (tertiary/aromatic N) is 3. The Labute approximate surface area is 134 Å². The van der Waals surface area contributed by atoms with Crippen LogP contribution in [-0.4, -0.2) is 15.0 Å². The molecule has 0 aliphatic heterocycles. The molecule has 0 unspecified atom stereocenters. The van der Waals surface area contributed by atoms with Crippen molar-refractivity contribution in [3.8, 4) is 11.6 Å². The zero-order valence-electron chi connectivity index (χ0n) is 12.9. The van der Waals surface area contributed by atoms with Gasteiger partial charge >= 0.3 is 0 Å². The van der Waals surface area contributed by atoms with E-state index >= 15 is 0 Å². The lowest BCUT2D eigenvalue weighted by Gasteiger charge is -2.12. The molecular formula is C17H17N5O. The molecule has 3 N–H and O–H groups in total. The van der Waals surface area contributed by atoms with E-state index in [1.807, 2.05) is 37.3 Å². The second kappa shape index (κ2) is 6.31. The zero-order chi connectivity index (χ0) is 16.2. The monoisotopic (exact) mass is 307 g/mol. The molecular weight excluding hydrogens is 290 g/mol. The summed E-state index contributed by atoms with van der Waals surface area (Å²) in [5.41, 5.74) is 9.65. The zero-order valence-corrected chi connectivity index (χ0v) is 12.9. The number of aromatic nitrogens is 3. The van der Waals surface area contributed by atoms with Crippen LogP contribution in [0, 0.1) is 13.8 Å². The highest BCUT2D eigenvalue weighted by Gasteiger charge is 2.11. The number of hydrogen-bond donors (Lipinski definition) is 2. The minimum atomic E-state index is 0.319. The predicted molar refractivity (Wildman–Crippen MR) is 90.0 cm³/mol. The second-order valence-electron chi connectivity index (χ2n) is 5.15. The first-order valence-electron chi connectivity index (χ1n) is 7.16. The van der Waals surface area contributed by atoms with Crippen molar-refractivity contribution >= 4 is 17.2 Å². The first-order valence-corrected chi connectivity index (χ1v) is 7.16. The largest absolute Gasteiger partial charge is 0.437 e. The van der Waals surface area contributed by atoms with Gasteiger partial charge in [0.05, 0.1) is 0 Å². The third-order valence-electron chi connectivity index (χ3n) is 3.48. The normalized spacial score (nSPS) is 10.3. The summed E-state index contributed by atoms with van der Waals surface area (Å²) in [7, 11) is 0. The number of rotatable bonds is 4. The Balaban J connectivity index is 1.86. The van der Waals surface area contributed by atoms with E-state index in [4.69, 9.17) is 10.5 Å². The Hall–Kier alpha value is -3.15. The van der Waals surface area contributed by atoms with E-state index in [9.17, 15) is 0 Å². The molecule has 0 amide bonds. The first-order chi connectivity index (χ1) is 11.1. The van der Waals surface area contributed by atoms with Crippen LogP contribution in [0.25, 0.3) is 0 Å². The average Bonchev–Trinajstić information content (AvgIpc) is 2.56. The molecule has 6 nitrogen and oxygen atoms in total. The van der Waals surface area contributed by atoms with Gasteiger partial charge in [-0.25, -0.2) is 4.98 Å². The van der Waals surface area contributed by atoms with Crippen molar-refractivity contribution in [1.29, 1.82) is 0 Å². The van der Waals surface area contributed by atoms with E-state index in [2.05, 4.69) is 27.2 Å². The lowest BCUT2D eigenvalue weighted by molar-refractivity contribution is 0.464. The van der Waals surface area contributed by atoms with Crippen molar-refractivity contribution < 1.29 is 4.74 Å². The van der Waals surface area contributed by atoms with Gasteiger partial charge in [-0.2, -0.15) is 4.98 Å². The Morgan fingerprint density at radius 1 is 1.00 bits per heavy atom. The number of anilines is 3. The predicted octanol–water partition coefficient (Wildman–Crippen LogP) is 3.61. The van der Waals surface area contributed by atoms with Gasteiger partial charge in [0.1, 0.15) is 17.8 Å². The molecule has 0 spiro atoms. The van der Waals surface area contributed by atoms with E-state index in [1.54, 1.807) is 12.4 Å². The van der Waals surface area contributed by atoms with Crippen molar-refractivity contribution in [1.82, 2.24) is 15.0 Å². The van der Waals surface area contributed by atoms with Crippen LogP contribution >= 0.6 is 0 Å². The maximum atomic E-state index is 6.12.